The van der Waals surface area contributed by atoms with Crippen LogP contribution in [0.4, 0.5) is 10.5 Å². The average Bonchev–Trinajstić information content (AvgIpc) is 3.04. The van der Waals surface area contributed by atoms with Crippen molar-refractivity contribution in [1.29, 1.82) is 0 Å². The molecule has 9 nitrogen and oxygen atoms in total. The summed E-state index contributed by atoms with van der Waals surface area (Å²) in [6.45, 7) is 4.71. The maximum absolute atomic E-state index is 12.8. The van der Waals surface area contributed by atoms with E-state index in [2.05, 4.69) is 5.32 Å². The number of carboxylic acids is 1. The van der Waals surface area contributed by atoms with Gasteiger partial charge >= 0.3 is 5.97 Å². The molecule has 1 heterocycles. The van der Waals surface area contributed by atoms with E-state index in [1.807, 2.05) is 32.0 Å². The molecule has 2 N–H and O–H groups in total. The first-order valence-corrected chi connectivity index (χ1v) is 11.1. The van der Waals surface area contributed by atoms with E-state index in [-0.39, 0.29) is 16.4 Å². The molecule has 0 aromatic heterocycles. The van der Waals surface area contributed by atoms with Crippen molar-refractivity contribution in [3.05, 3.63) is 58.0 Å². The molecule has 1 atom stereocenters. The Morgan fingerprint density at radius 3 is 2.44 bits per heavy atom. The van der Waals surface area contributed by atoms with Crippen LogP contribution < -0.4 is 14.8 Å². The number of methoxy groups -OCH3 is 1. The van der Waals surface area contributed by atoms with E-state index in [4.69, 9.17) is 14.6 Å². The number of ether oxygens (including phenoxy) is 2. The molecule has 178 valence electrons. The maximum Gasteiger partial charge on any atom is 0.344 e. The van der Waals surface area contributed by atoms with Crippen LogP contribution in [0.2, 0.25) is 0 Å². The fourth-order valence-electron chi connectivity index (χ4n) is 3.23. The molecule has 1 aliphatic rings. The minimum absolute atomic E-state index is 0.152. The fraction of sp³-hybridized carbons (Fsp3) is 0.250. The van der Waals surface area contributed by atoms with E-state index in [1.54, 1.807) is 12.1 Å². The summed E-state index contributed by atoms with van der Waals surface area (Å²) >= 11 is 0.732. The standard InChI is InChI=1S/C24H24N2O7S/c1-13-6-5-7-14(2)21(13)25-20(27)12-26-22(28)19(34-24(26)31)11-16-8-9-17(18(10-16)32-4)33-15(3)23(29)30/h5-11,15H,12H2,1-4H3,(H,25,27)(H,29,30)/b19-11-/t15-/m0/s1. The number of rotatable bonds is 8. The number of nitrogens with zero attached hydrogens (tertiary/aromatic N) is 1. The first-order chi connectivity index (χ1) is 16.1. The SMILES string of the molecule is COc1cc(/C=C2\SC(=O)N(CC(=O)Nc3c(C)cccc3C)C2=O)ccc1O[C@@H](C)C(=O)O. The van der Waals surface area contributed by atoms with Crippen LogP contribution in [0, 0.1) is 13.8 Å². The third kappa shape index (κ3) is 5.57. The molecule has 1 fully saturated rings. The Kier molecular flexibility index (Phi) is 7.62. The van der Waals surface area contributed by atoms with Gasteiger partial charge in [0.2, 0.25) is 5.91 Å². The summed E-state index contributed by atoms with van der Waals surface area (Å²) in [5.74, 6) is -1.68. The number of hydrogen-bond donors (Lipinski definition) is 2. The number of imide groups is 1. The number of hydrogen-bond acceptors (Lipinski definition) is 7. The highest BCUT2D eigenvalue weighted by Gasteiger charge is 2.36. The molecule has 34 heavy (non-hydrogen) atoms. The Hall–Kier alpha value is -3.79. The van der Waals surface area contributed by atoms with E-state index in [0.29, 0.717) is 11.3 Å². The molecule has 0 bridgehead atoms. The van der Waals surface area contributed by atoms with Gasteiger partial charge in [0.15, 0.2) is 17.6 Å². The zero-order chi connectivity index (χ0) is 25.0. The van der Waals surface area contributed by atoms with E-state index in [1.165, 1.54) is 26.2 Å². The van der Waals surface area contributed by atoms with Gasteiger partial charge in [-0.3, -0.25) is 19.3 Å². The number of aryl methyl sites for hydroxylation is 2. The minimum Gasteiger partial charge on any atom is -0.493 e. The van der Waals surface area contributed by atoms with Gasteiger partial charge in [0.05, 0.1) is 12.0 Å². The monoisotopic (exact) mass is 484 g/mol. The van der Waals surface area contributed by atoms with Gasteiger partial charge in [0.1, 0.15) is 6.54 Å². The number of anilines is 1. The summed E-state index contributed by atoms with van der Waals surface area (Å²) < 4.78 is 10.6. The highest BCUT2D eigenvalue weighted by molar-refractivity contribution is 8.18. The Balaban J connectivity index is 1.74. The van der Waals surface area contributed by atoms with Crippen molar-refractivity contribution in [2.45, 2.75) is 26.9 Å². The van der Waals surface area contributed by atoms with Crippen LogP contribution in [-0.2, 0) is 14.4 Å². The minimum atomic E-state index is -1.12. The number of para-hydroxylation sites is 1. The van der Waals surface area contributed by atoms with Crippen molar-refractivity contribution < 1.29 is 33.8 Å². The fourth-order valence-corrected chi connectivity index (χ4v) is 4.07. The maximum atomic E-state index is 12.8. The topological polar surface area (TPSA) is 122 Å². The molecule has 1 saturated heterocycles. The van der Waals surface area contributed by atoms with Crippen molar-refractivity contribution in [3.8, 4) is 11.5 Å². The van der Waals surface area contributed by atoms with Gasteiger partial charge in [-0.25, -0.2) is 4.79 Å². The summed E-state index contributed by atoms with van der Waals surface area (Å²) in [4.78, 5) is 49.8. The van der Waals surface area contributed by atoms with E-state index >= 15 is 0 Å². The van der Waals surface area contributed by atoms with Gasteiger partial charge in [-0.05, 0) is 67.4 Å². The molecular formula is C24H24N2O7S. The van der Waals surface area contributed by atoms with Gasteiger partial charge in [0.25, 0.3) is 11.1 Å². The number of carbonyl (C=O) groups excluding carboxylic acids is 3. The van der Waals surface area contributed by atoms with Crippen LogP contribution in [0.1, 0.15) is 23.6 Å². The molecule has 0 saturated carbocycles. The smallest absolute Gasteiger partial charge is 0.344 e. The predicted octanol–water partition coefficient (Wildman–Crippen LogP) is 3.84. The van der Waals surface area contributed by atoms with E-state index < -0.39 is 35.7 Å². The van der Waals surface area contributed by atoms with Gasteiger partial charge in [-0.15, -0.1) is 0 Å². The molecule has 1 aliphatic heterocycles. The molecule has 2 aromatic rings. The first kappa shape index (κ1) is 24.8. The number of nitrogens with one attached hydrogen (secondary N) is 1. The Morgan fingerprint density at radius 2 is 1.82 bits per heavy atom. The Bertz CT molecular complexity index is 1170. The van der Waals surface area contributed by atoms with Crippen molar-refractivity contribution in [1.82, 2.24) is 4.90 Å². The molecule has 0 aliphatic carbocycles. The lowest BCUT2D eigenvalue weighted by Gasteiger charge is -2.15. The second kappa shape index (κ2) is 10.4. The van der Waals surface area contributed by atoms with Crippen LogP contribution in [0.5, 0.6) is 11.5 Å². The highest BCUT2D eigenvalue weighted by Crippen LogP contribution is 2.35. The molecule has 3 amide bonds. The Morgan fingerprint density at radius 1 is 1.15 bits per heavy atom. The number of thioether (sulfide) groups is 1. The van der Waals surface area contributed by atoms with E-state index in [9.17, 15) is 19.2 Å². The number of amides is 3. The van der Waals surface area contributed by atoms with E-state index in [0.717, 1.165) is 27.8 Å². The van der Waals surface area contributed by atoms with Crippen molar-refractivity contribution in [3.63, 3.8) is 0 Å². The van der Waals surface area contributed by atoms with Crippen LogP contribution in [0.3, 0.4) is 0 Å². The van der Waals surface area contributed by atoms with Gasteiger partial charge in [-0.2, -0.15) is 0 Å². The second-order valence-electron chi connectivity index (χ2n) is 7.59. The number of aliphatic carboxylic acids is 1. The summed E-state index contributed by atoms with van der Waals surface area (Å²) in [5.41, 5.74) is 2.95. The zero-order valence-corrected chi connectivity index (χ0v) is 19.9. The largest absolute Gasteiger partial charge is 0.493 e. The lowest BCUT2D eigenvalue weighted by atomic mass is 10.1. The molecule has 3 rings (SSSR count). The summed E-state index contributed by atoms with van der Waals surface area (Å²) in [5, 5.41) is 11.2. The lowest BCUT2D eigenvalue weighted by Crippen LogP contribution is -2.36. The first-order valence-electron chi connectivity index (χ1n) is 10.3. The predicted molar refractivity (Wildman–Crippen MR) is 128 cm³/mol. The van der Waals surface area contributed by atoms with Crippen molar-refractivity contribution in [2.24, 2.45) is 0 Å². The third-order valence-electron chi connectivity index (χ3n) is 5.06. The average molecular weight is 485 g/mol. The van der Waals surface area contributed by atoms with Crippen LogP contribution >= 0.6 is 11.8 Å². The second-order valence-corrected chi connectivity index (χ2v) is 8.58. The van der Waals surface area contributed by atoms with Crippen LogP contribution in [0.15, 0.2) is 41.3 Å². The lowest BCUT2D eigenvalue weighted by molar-refractivity contribution is -0.144. The normalized spacial score (nSPS) is 15.4. The molecular weight excluding hydrogens is 460 g/mol. The summed E-state index contributed by atoms with van der Waals surface area (Å²) in [7, 11) is 1.40. The van der Waals surface area contributed by atoms with Crippen LogP contribution in [0.25, 0.3) is 6.08 Å². The number of benzene rings is 2. The molecule has 2 aromatic carbocycles. The van der Waals surface area contributed by atoms with Crippen molar-refractivity contribution >= 4 is 46.5 Å². The number of carbonyl (C=O) groups is 4. The van der Waals surface area contributed by atoms with Gasteiger partial charge < -0.3 is 19.9 Å². The van der Waals surface area contributed by atoms with Gasteiger partial charge in [-0.1, -0.05) is 24.3 Å². The summed E-state index contributed by atoms with van der Waals surface area (Å²) in [6, 6.07) is 10.3. The molecule has 0 radical (unpaired) electrons. The molecule has 10 heteroatoms. The number of carboxylic acid groups (broad SMARTS) is 1. The zero-order valence-electron chi connectivity index (χ0n) is 19.1. The Labute approximate surface area is 200 Å². The third-order valence-corrected chi connectivity index (χ3v) is 5.97. The molecule has 0 unspecified atom stereocenters. The van der Waals surface area contributed by atoms with Gasteiger partial charge in [0, 0.05) is 5.69 Å². The molecule has 0 spiro atoms. The highest BCUT2D eigenvalue weighted by atomic mass is 32.2. The van der Waals surface area contributed by atoms with Crippen LogP contribution in [-0.4, -0.2) is 52.8 Å². The quantitative estimate of drug-likeness (QED) is 0.542. The van der Waals surface area contributed by atoms with Crippen molar-refractivity contribution in [2.75, 3.05) is 19.0 Å². The summed E-state index contributed by atoms with van der Waals surface area (Å²) in [6.07, 6.45) is 0.423.